The molecule has 1 aromatic rings. The lowest BCUT2D eigenvalue weighted by atomic mass is 10.0. The SMILES string of the molecule is COC(=O)CCc1c(C(=O)OC)[nH]c(C)c1C(C)=O. The van der Waals surface area contributed by atoms with E-state index in [2.05, 4.69) is 14.5 Å². The van der Waals surface area contributed by atoms with Crippen LogP contribution in [0.1, 0.15) is 45.4 Å². The molecular weight excluding hydrogens is 250 g/mol. The molecule has 0 saturated carbocycles. The van der Waals surface area contributed by atoms with Gasteiger partial charge in [0.25, 0.3) is 0 Å². The number of aromatic amines is 1. The lowest BCUT2D eigenvalue weighted by Gasteiger charge is -2.04. The van der Waals surface area contributed by atoms with Crippen molar-refractivity contribution >= 4 is 17.7 Å². The second-order valence-electron chi connectivity index (χ2n) is 4.10. The highest BCUT2D eigenvalue weighted by molar-refractivity contribution is 6.01. The number of hydrogen-bond donors (Lipinski definition) is 1. The van der Waals surface area contributed by atoms with Crippen molar-refractivity contribution in [3.8, 4) is 0 Å². The van der Waals surface area contributed by atoms with Crippen LogP contribution in [0, 0.1) is 6.92 Å². The van der Waals surface area contributed by atoms with E-state index in [0.717, 1.165) is 0 Å². The Morgan fingerprint density at radius 1 is 1.16 bits per heavy atom. The van der Waals surface area contributed by atoms with Crippen LogP contribution in [0.15, 0.2) is 0 Å². The number of hydrogen-bond acceptors (Lipinski definition) is 5. The molecular formula is C13H17NO5. The third-order valence-corrected chi connectivity index (χ3v) is 2.84. The first-order valence-electron chi connectivity index (χ1n) is 5.79. The van der Waals surface area contributed by atoms with Crippen molar-refractivity contribution in [3.05, 3.63) is 22.5 Å². The molecule has 0 saturated heterocycles. The van der Waals surface area contributed by atoms with Crippen molar-refractivity contribution in [3.63, 3.8) is 0 Å². The number of aromatic nitrogens is 1. The smallest absolute Gasteiger partial charge is 0.354 e. The summed E-state index contributed by atoms with van der Waals surface area (Å²) in [5.74, 6) is -1.12. The minimum atomic E-state index is -0.560. The predicted octanol–water partition coefficient (Wildman–Crippen LogP) is 1.42. The van der Waals surface area contributed by atoms with Gasteiger partial charge in [0.2, 0.25) is 0 Å². The van der Waals surface area contributed by atoms with E-state index in [4.69, 9.17) is 0 Å². The highest BCUT2D eigenvalue weighted by Crippen LogP contribution is 2.22. The topological polar surface area (TPSA) is 85.5 Å². The minimum Gasteiger partial charge on any atom is -0.469 e. The Hall–Kier alpha value is -2.11. The van der Waals surface area contributed by atoms with Gasteiger partial charge in [-0.15, -0.1) is 0 Å². The van der Waals surface area contributed by atoms with E-state index in [0.29, 0.717) is 16.8 Å². The number of aryl methyl sites for hydroxylation is 1. The molecule has 0 bridgehead atoms. The highest BCUT2D eigenvalue weighted by Gasteiger charge is 2.23. The lowest BCUT2D eigenvalue weighted by Crippen LogP contribution is -2.09. The molecule has 0 aliphatic heterocycles. The minimum absolute atomic E-state index is 0.0953. The van der Waals surface area contributed by atoms with Crippen LogP contribution in [0.4, 0.5) is 0 Å². The summed E-state index contributed by atoms with van der Waals surface area (Å²) in [5.41, 5.74) is 1.74. The van der Waals surface area contributed by atoms with Gasteiger partial charge in [0.1, 0.15) is 5.69 Å². The van der Waals surface area contributed by atoms with Gasteiger partial charge in [-0.1, -0.05) is 0 Å². The second-order valence-corrected chi connectivity index (χ2v) is 4.10. The number of rotatable bonds is 5. The van der Waals surface area contributed by atoms with E-state index >= 15 is 0 Å². The van der Waals surface area contributed by atoms with E-state index < -0.39 is 11.9 Å². The number of esters is 2. The molecule has 0 radical (unpaired) electrons. The summed E-state index contributed by atoms with van der Waals surface area (Å²) in [5, 5.41) is 0. The number of nitrogens with one attached hydrogen (secondary N) is 1. The molecule has 6 heteroatoms. The number of carbonyl (C=O) groups excluding carboxylic acids is 3. The first kappa shape index (κ1) is 14.9. The number of H-pyrrole nitrogens is 1. The molecule has 104 valence electrons. The van der Waals surface area contributed by atoms with Gasteiger partial charge in [0.05, 0.1) is 14.2 Å². The highest BCUT2D eigenvalue weighted by atomic mass is 16.5. The maximum atomic E-state index is 11.7. The number of methoxy groups -OCH3 is 2. The van der Waals surface area contributed by atoms with E-state index in [1.807, 2.05) is 0 Å². The van der Waals surface area contributed by atoms with Gasteiger partial charge >= 0.3 is 11.9 Å². The van der Waals surface area contributed by atoms with Crippen molar-refractivity contribution in [2.75, 3.05) is 14.2 Å². The average molecular weight is 267 g/mol. The Morgan fingerprint density at radius 3 is 2.26 bits per heavy atom. The van der Waals surface area contributed by atoms with Gasteiger partial charge < -0.3 is 14.5 Å². The van der Waals surface area contributed by atoms with Crippen molar-refractivity contribution in [1.82, 2.24) is 4.98 Å². The maximum absolute atomic E-state index is 11.7. The van der Waals surface area contributed by atoms with Gasteiger partial charge in [-0.3, -0.25) is 9.59 Å². The van der Waals surface area contributed by atoms with Crippen molar-refractivity contribution < 1.29 is 23.9 Å². The zero-order chi connectivity index (χ0) is 14.6. The molecule has 1 aromatic heterocycles. The summed E-state index contributed by atoms with van der Waals surface area (Å²) < 4.78 is 9.22. The Kier molecular flexibility index (Phi) is 4.86. The molecule has 0 spiro atoms. The molecule has 0 aromatic carbocycles. The summed E-state index contributed by atoms with van der Waals surface area (Å²) in [6.07, 6.45) is 0.342. The third-order valence-electron chi connectivity index (χ3n) is 2.84. The van der Waals surface area contributed by atoms with E-state index in [-0.39, 0.29) is 24.3 Å². The number of ether oxygens (including phenoxy) is 2. The normalized spacial score (nSPS) is 10.1. The monoisotopic (exact) mass is 267 g/mol. The fourth-order valence-corrected chi connectivity index (χ4v) is 2.01. The number of carbonyl (C=O) groups is 3. The molecule has 0 aliphatic rings. The third kappa shape index (κ3) is 3.21. The van der Waals surface area contributed by atoms with Gasteiger partial charge in [0, 0.05) is 17.7 Å². The van der Waals surface area contributed by atoms with Crippen molar-refractivity contribution in [1.29, 1.82) is 0 Å². The molecule has 0 aliphatic carbocycles. The molecule has 0 unspecified atom stereocenters. The van der Waals surface area contributed by atoms with Crippen LogP contribution in [0.25, 0.3) is 0 Å². The number of Topliss-reactive ketones (excluding diaryl/α,β-unsaturated/α-hetero) is 1. The van der Waals surface area contributed by atoms with Gasteiger partial charge in [-0.05, 0) is 25.8 Å². The number of ketones is 1. The molecule has 0 fully saturated rings. The van der Waals surface area contributed by atoms with Crippen LogP contribution in [0.2, 0.25) is 0 Å². The summed E-state index contributed by atoms with van der Waals surface area (Å²) in [4.78, 5) is 37.3. The standard InChI is InChI=1S/C13H17NO5/c1-7-11(8(2)15)9(5-6-10(16)18-3)12(14-7)13(17)19-4/h14H,5-6H2,1-4H3. The van der Waals surface area contributed by atoms with E-state index in [1.165, 1.54) is 21.1 Å². The molecule has 0 amide bonds. The Labute approximate surface area is 111 Å². The van der Waals surface area contributed by atoms with Crippen molar-refractivity contribution in [2.24, 2.45) is 0 Å². The maximum Gasteiger partial charge on any atom is 0.354 e. The van der Waals surface area contributed by atoms with Crippen molar-refractivity contribution in [2.45, 2.75) is 26.7 Å². The molecule has 1 rings (SSSR count). The second kappa shape index (κ2) is 6.17. The van der Waals surface area contributed by atoms with Crippen LogP contribution >= 0.6 is 0 Å². The average Bonchev–Trinajstić information content (AvgIpc) is 2.71. The van der Waals surface area contributed by atoms with Gasteiger partial charge in [0.15, 0.2) is 5.78 Å². The zero-order valence-corrected chi connectivity index (χ0v) is 11.5. The van der Waals surface area contributed by atoms with Crippen LogP contribution in [0.5, 0.6) is 0 Å². The Bertz CT molecular complexity index is 515. The summed E-state index contributed by atoms with van der Waals surface area (Å²) in [6, 6.07) is 0. The van der Waals surface area contributed by atoms with Gasteiger partial charge in [-0.2, -0.15) is 0 Å². The summed E-state index contributed by atoms with van der Waals surface area (Å²) in [7, 11) is 2.55. The summed E-state index contributed by atoms with van der Waals surface area (Å²) in [6.45, 7) is 3.11. The van der Waals surface area contributed by atoms with Crippen LogP contribution in [-0.4, -0.2) is 36.9 Å². The predicted molar refractivity (Wildman–Crippen MR) is 67.2 cm³/mol. The molecule has 1 heterocycles. The zero-order valence-electron chi connectivity index (χ0n) is 11.5. The molecule has 6 nitrogen and oxygen atoms in total. The van der Waals surface area contributed by atoms with E-state index in [1.54, 1.807) is 6.92 Å². The summed E-state index contributed by atoms with van der Waals surface area (Å²) >= 11 is 0. The fourth-order valence-electron chi connectivity index (χ4n) is 2.01. The molecule has 1 N–H and O–H groups in total. The van der Waals surface area contributed by atoms with Crippen LogP contribution < -0.4 is 0 Å². The first-order valence-corrected chi connectivity index (χ1v) is 5.79. The van der Waals surface area contributed by atoms with Crippen LogP contribution in [0.3, 0.4) is 0 Å². The molecule has 0 atom stereocenters. The Morgan fingerprint density at radius 2 is 1.79 bits per heavy atom. The molecule has 19 heavy (non-hydrogen) atoms. The quantitative estimate of drug-likeness (QED) is 0.644. The fraction of sp³-hybridized carbons (Fsp3) is 0.462. The largest absolute Gasteiger partial charge is 0.469 e. The Balaban J connectivity index is 3.19. The van der Waals surface area contributed by atoms with Crippen LogP contribution in [-0.2, 0) is 20.7 Å². The van der Waals surface area contributed by atoms with E-state index in [9.17, 15) is 14.4 Å². The first-order chi connectivity index (χ1) is 8.92. The lowest BCUT2D eigenvalue weighted by molar-refractivity contribution is -0.140. The van der Waals surface area contributed by atoms with Gasteiger partial charge in [-0.25, -0.2) is 4.79 Å².